The van der Waals surface area contributed by atoms with E-state index in [0.29, 0.717) is 25.0 Å². The monoisotopic (exact) mass is 200 g/mol. The molecule has 0 aromatic heterocycles. The Morgan fingerprint density at radius 3 is 2.50 bits per heavy atom. The lowest BCUT2D eigenvalue weighted by Crippen LogP contribution is -2.08. The second-order valence-electron chi connectivity index (χ2n) is 2.99. The Labute approximate surface area is 83.6 Å². The summed E-state index contributed by atoms with van der Waals surface area (Å²) in [4.78, 5) is 21.3. The van der Waals surface area contributed by atoms with Crippen molar-refractivity contribution in [3.8, 4) is 0 Å². The summed E-state index contributed by atoms with van der Waals surface area (Å²) in [6.45, 7) is 5.83. The summed E-state index contributed by atoms with van der Waals surface area (Å²) in [7, 11) is 0. The van der Waals surface area contributed by atoms with E-state index in [1.165, 1.54) is 0 Å². The number of aliphatic carboxylic acids is 1. The summed E-state index contributed by atoms with van der Waals surface area (Å²) in [5, 5.41) is 8.36. The third-order valence-corrected chi connectivity index (χ3v) is 1.60. The van der Waals surface area contributed by atoms with E-state index in [4.69, 9.17) is 9.84 Å². The van der Waals surface area contributed by atoms with Crippen LogP contribution in [0.5, 0.6) is 0 Å². The molecule has 0 rings (SSSR count). The van der Waals surface area contributed by atoms with Gasteiger partial charge in [-0.05, 0) is 19.3 Å². The third-order valence-electron chi connectivity index (χ3n) is 1.60. The normalized spacial score (nSPS) is 9.50. The Morgan fingerprint density at radius 2 is 2.00 bits per heavy atom. The minimum Gasteiger partial charge on any atom is -0.481 e. The minimum absolute atomic E-state index is 0.0556. The first-order valence-corrected chi connectivity index (χ1v) is 4.64. The first-order chi connectivity index (χ1) is 6.57. The number of carbonyl (C=O) groups excluding carboxylic acids is 1. The van der Waals surface area contributed by atoms with Crippen molar-refractivity contribution in [3.63, 3.8) is 0 Å². The number of ether oxygens (including phenoxy) is 1. The fraction of sp³-hybridized carbons (Fsp3) is 0.600. The van der Waals surface area contributed by atoms with Gasteiger partial charge < -0.3 is 9.84 Å². The van der Waals surface area contributed by atoms with Crippen LogP contribution in [0.3, 0.4) is 0 Å². The molecule has 0 heterocycles. The fourth-order valence-corrected chi connectivity index (χ4v) is 0.852. The number of hydrogen-bond donors (Lipinski definition) is 1. The van der Waals surface area contributed by atoms with E-state index in [0.717, 1.165) is 6.42 Å². The van der Waals surface area contributed by atoms with Gasteiger partial charge >= 0.3 is 11.9 Å². The Hall–Kier alpha value is -1.32. The summed E-state index contributed by atoms with van der Waals surface area (Å²) in [5.74, 6) is -1.28. The average molecular weight is 200 g/mol. The first kappa shape index (κ1) is 12.7. The van der Waals surface area contributed by atoms with Crippen molar-refractivity contribution in [1.82, 2.24) is 0 Å². The highest BCUT2D eigenvalue weighted by atomic mass is 16.5. The van der Waals surface area contributed by atoms with E-state index in [9.17, 15) is 9.59 Å². The zero-order valence-corrected chi connectivity index (χ0v) is 8.41. The van der Waals surface area contributed by atoms with Gasteiger partial charge in [0.15, 0.2) is 0 Å². The highest BCUT2D eigenvalue weighted by Gasteiger charge is 2.08. The van der Waals surface area contributed by atoms with Gasteiger partial charge in [-0.2, -0.15) is 0 Å². The molecular weight excluding hydrogens is 184 g/mol. The predicted molar refractivity (Wildman–Crippen MR) is 51.9 cm³/mol. The van der Waals surface area contributed by atoms with Crippen LogP contribution in [0, 0.1) is 0 Å². The Kier molecular flexibility index (Phi) is 6.45. The van der Waals surface area contributed by atoms with Crippen molar-refractivity contribution >= 4 is 11.9 Å². The third kappa shape index (κ3) is 6.22. The summed E-state index contributed by atoms with van der Waals surface area (Å²) in [5.41, 5.74) is 0.347. The van der Waals surface area contributed by atoms with Crippen LogP contribution in [0.25, 0.3) is 0 Å². The highest BCUT2D eigenvalue weighted by Crippen LogP contribution is 2.07. The smallest absolute Gasteiger partial charge is 0.333 e. The van der Waals surface area contributed by atoms with Gasteiger partial charge in [-0.15, -0.1) is 0 Å². The summed E-state index contributed by atoms with van der Waals surface area (Å²) >= 11 is 0. The van der Waals surface area contributed by atoms with Crippen molar-refractivity contribution in [2.75, 3.05) is 6.61 Å². The maximum atomic E-state index is 11.1. The minimum atomic E-state index is -0.861. The van der Waals surface area contributed by atoms with Gasteiger partial charge in [0.1, 0.15) is 0 Å². The molecule has 0 aliphatic rings. The average Bonchev–Trinajstić information content (AvgIpc) is 2.13. The Morgan fingerprint density at radius 1 is 1.36 bits per heavy atom. The van der Waals surface area contributed by atoms with E-state index in [2.05, 4.69) is 6.58 Å². The summed E-state index contributed by atoms with van der Waals surface area (Å²) in [6.07, 6.45) is 1.64. The summed E-state index contributed by atoms with van der Waals surface area (Å²) in [6, 6.07) is 0. The number of carbonyl (C=O) groups is 2. The second kappa shape index (κ2) is 7.12. The lowest BCUT2D eigenvalue weighted by Gasteiger charge is -2.04. The van der Waals surface area contributed by atoms with Gasteiger partial charge in [0.05, 0.1) is 6.61 Å². The van der Waals surface area contributed by atoms with Gasteiger partial charge in [-0.25, -0.2) is 4.79 Å². The van der Waals surface area contributed by atoms with Gasteiger partial charge in [0, 0.05) is 12.0 Å². The molecular formula is C10H16O4. The number of esters is 1. The van der Waals surface area contributed by atoms with E-state index in [1.54, 1.807) is 0 Å². The molecule has 14 heavy (non-hydrogen) atoms. The zero-order valence-electron chi connectivity index (χ0n) is 8.41. The highest BCUT2D eigenvalue weighted by molar-refractivity contribution is 5.87. The molecule has 0 bridgehead atoms. The molecule has 80 valence electrons. The predicted octanol–water partition coefficient (Wildman–Crippen LogP) is 1.75. The van der Waals surface area contributed by atoms with Gasteiger partial charge in [0.25, 0.3) is 0 Å². The first-order valence-electron chi connectivity index (χ1n) is 4.64. The zero-order chi connectivity index (χ0) is 11.0. The molecule has 0 saturated carbocycles. The maximum absolute atomic E-state index is 11.1. The molecule has 4 heteroatoms. The number of carboxylic acid groups (broad SMARTS) is 1. The molecule has 0 aliphatic heterocycles. The van der Waals surface area contributed by atoms with Gasteiger partial charge in [-0.3, -0.25) is 4.79 Å². The van der Waals surface area contributed by atoms with Crippen molar-refractivity contribution in [2.24, 2.45) is 0 Å². The molecule has 0 fully saturated rings. The van der Waals surface area contributed by atoms with Crippen molar-refractivity contribution < 1.29 is 19.4 Å². The second-order valence-corrected chi connectivity index (χ2v) is 2.99. The molecule has 0 aromatic rings. The standard InChI is InChI=1S/C10H16O4/c1-3-7-14-10(13)8(2)5-4-6-9(11)12/h2-7H2,1H3,(H,11,12). The van der Waals surface area contributed by atoms with E-state index >= 15 is 0 Å². The summed E-state index contributed by atoms with van der Waals surface area (Å²) < 4.78 is 4.82. The van der Waals surface area contributed by atoms with Crippen molar-refractivity contribution in [3.05, 3.63) is 12.2 Å². The molecule has 0 amide bonds. The topological polar surface area (TPSA) is 63.6 Å². The Bertz CT molecular complexity index is 220. The van der Waals surface area contributed by atoms with E-state index in [1.807, 2.05) is 6.92 Å². The number of hydrogen-bond acceptors (Lipinski definition) is 3. The fourth-order valence-electron chi connectivity index (χ4n) is 0.852. The Balaban J connectivity index is 3.62. The lowest BCUT2D eigenvalue weighted by atomic mass is 10.1. The van der Waals surface area contributed by atoms with Crippen LogP contribution in [0.2, 0.25) is 0 Å². The lowest BCUT2D eigenvalue weighted by molar-refractivity contribution is -0.140. The molecule has 0 unspecified atom stereocenters. The van der Waals surface area contributed by atoms with Crippen LogP contribution < -0.4 is 0 Å². The van der Waals surface area contributed by atoms with Gasteiger partial charge in [0.2, 0.25) is 0 Å². The van der Waals surface area contributed by atoms with E-state index in [-0.39, 0.29) is 6.42 Å². The molecule has 0 spiro atoms. The van der Waals surface area contributed by atoms with Crippen LogP contribution in [-0.2, 0) is 14.3 Å². The molecule has 0 atom stereocenters. The van der Waals surface area contributed by atoms with E-state index < -0.39 is 11.9 Å². The SMILES string of the molecule is C=C(CCCC(=O)O)C(=O)OCCC. The van der Waals surface area contributed by atoms with Gasteiger partial charge in [-0.1, -0.05) is 13.5 Å². The van der Waals surface area contributed by atoms with Crippen LogP contribution in [-0.4, -0.2) is 23.7 Å². The van der Waals surface area contributed by atoms with Crippen LogP contribution in [0.1, 0.15) is 32.6 Å². The number of carboxylic acids is 1. The van der Waals surface area contributed by atoms with Crippen LogP contribution in [0.15, 0.2) is 12.2 Å². The molecule has 0 aromatic carbocycles. The maximum Gasteiger partial charge on any atom is 0.333 e. The van der Waals surface area contributed by atoms with Crippen molar-refractivity contribution in [1.29, 1.82) is 0 Å². The van der Waals surface area contributed by atoms with Crippen LogP contribution in [0.4, 0.5) is 0 Å². The molecule has 0 aliphatic carbocycles. The number of rotatable bonds is 7. The van der Waals surface area contributed by atoms with Crippen molar-refractivity contribution in [2.45, 2.75) is 32.6 Å². The molecule has 0 saturated heterocycles. The molecule has 4 nitrogen and oxygen atoms in total. The largest absolute Gasteiger partial charge is 0.481 e. The quantitative estimate of drug-likeness (QED) is 0.502. The van der Waals surface area contributed by atoms with Crippen LogP contribution >= 0.6 is 0 Å². The molecule has 0 radical (unpaired) electrons. The molecule has 1 N–H and O–H groups in total.